The smallest absolute Gasteiger partial charge is 0.324 e. The highest BCUT2D eigenvalue weighted by Crippen LogP contribution is 2.40. The quantitative estimate of drug-likeness (QED) is 0.113. The number of nitrogens with one attached hydrogen (secondary N) is 2. The van der Waals surface area contributed by atoms with Crippen molar-refractivity contribution in [2.75, 3.05) is 40.4 Å². The van der Waals surface area contributed by atoms with E-state index in [-0.39, 0.29) is 50.1 Å². The van der Waals surface area contributed by atoms with Gasteiger partial charge in [-0.15, -0.1) is 0 Å². The Morgan fingerprint density at radius 1 is 1.12 bits per heavy atom. The molecule has 6 rings (SSSR count). The van der Waals surface area contributed by atoms with Crippen LogP contribution in [0.2, 0.25) is 0 Å². The van der Waals surface area contributed by atoms with Crippen molar-refractivity contribution < 1.29 is 33.4 Å². The fraction of sp³-hybridized carbons (Fsp3) is 0.542. The lowest BCUT2D eigenvalue weighted by molar-refractivity contribution is -0.155. The first-order chi connectivity index (χ1) is 31.0. The number of fused-ring (bicyclic) bond motifs is 6. The molecular weight excluding hydrogens is 829 g/mol. The number of ether oxygens (including phenoxy) is 2. The summed E-state index contributed by atoms with van der Waals surface area (Å²) in [7, 11) is 3.23. The highest BCUT2D eigenvalue weighted by atomic mass is 16.5. The zero-order valence-electron chi connectivity index (χ0n) is 39.4. The summed E-state index contributed by atoms with van der Waals surface area (Å²) in [5, 5.41) is 10.1. The number of amides is 4. The molecule has 0 aliphatic carbocycles. The van der Waals surface area contributed by atoms with Crippen molar-refractivity contribution in [3.05, 3.63) is 66.8 Å². The number of methoxy groups -OCH3 is 1. The fourth-order valence-electron chi connectivity index (χ4n) is 9.33. The first-order valence-corrected chi connectivity index (χ1v) is 22.6. The Balaban J connectivity index is 1.42. The van der Waals surface area contributed by atoms with Crippen molar-refractivity contribution in [3.63, 3.8) is 0 Å². The van der Waals surface area contributed by atoms with E-state index in [4.69, 9.17) is 24.5 Å². The lowest BCUT2D eigenvalue weighted by Crippen LogP contribution is -2.62. The van der Waals surface area contributed by atoms with E-state index in [1.165, 1.54) is 27.0 Å². The highest BCUT2D eigenvalue weighted by molar-refractivity contribution is 5.96. The summed E-state index contributed by atoms with van der Waals surface area (Å²) < 4.78 is 15.7. The van der Waals surface area contributed by atoms with Crippen molar-refractivity contribution in [2.45, 2.75) is 111 Å². The Bertz CT molecular complexity index is 2380. The van der Waals surface area contributed by atoms with E-state index in [0.29, 0.717) is 44.6 Å². The van der Waals surface area contributed by atoms with Crippen LogP contribution >= 0.6 is 0 Å². The van der Waals surface area contributed by atoms with E-state index < -0.39 is 47.2 Å². The third-order valence-electron chi connectivity index (χ3n) is 12.7. The molecule has 17 heteroatoms. The summed E-state index contributed by atoms with van der Waals surface area (Å²) in [6.07, 6.45) is 7.92. The molecule has 2 N–H and O–H groups in total. The second kappa shape index (κ2) is 20.5. The fourth-order valence-corrected chi connectivity index (χ4v) is 9.33. The SMILES string of the molecule is C=CC(=O)N1CC[C@H](C(=O)N(C)[C@H](C(=O)N[C@H]2Cn3cnc(n3)-c3ccc4c(c3)c(c(/C(C=C)=C(/N=CC)[C@H](C)OC)n4CC)CC(C)(C)COC(=O)[C@@H]3CCCN(N3)C2=O)C(C)C)C1. The molecule has 6 bridgehead atoms. The number of allylic oxidation sites excluding steroid dienone is 2. The minimum atomic E-state index is -1.18. The number of aryl methyl sites for hydroxylation is 1. The summed E-state index contributed by atoms with van der Waals surface area (Å²) in [4.78, 5) is 81.4. The Morgan fingerprint density at radius 3 is 2.54 bits per heavy atom. The van der Waals surface area contributed by atoms with E-state index in [1.807, 2.05) is 45.9 Å². The van der Waals surface area contributed by atoms with Crippen LogP contribution in [0.5, 0.6) is 0 Å². The Kier molecular flexibility index (Phi) is 15.3. The van der Waals surface area contributed by atoms with Gasteiger partial charge in [-0.3, -0.25) is 34.0 Å². The van der Waals surface area contributed by atoms with Crippen molar-refractivity contribution in [3.8, 4) is 11.4 Å². The van der Waals surface area contributed by atoms with Gasteiger partial charge in [0.2, 0.25) is 17.7 Å². The summed E-state index contributed by atoms with van der Waals surface area (Å²) in [5.74, 6) is -2.43. The van der Waals surface area contributed by atoms with Crippen LogP contribution in [0.15, 0.2) is 60.5 Å². The molecule has 17 nitrogen and oxygen atoms in total. The molecule has 2 saturated heterocycles. The van der Waals surface area contributed by atoms with Crippen LogP contribution in [-0.4, -0.2) is 135 Å². The molecule has 2 aromatic heterocycles. The van der Waals surface area contributed by atoms with E-state index in [1.54, 1.807) is 25.3 Å². The van der Waals surface area contributed by atoms with Gasteiger partial charge in [-0.2, -0.15) is 5.10 Å². The Hall–Kier alpha value is -5.94. The third kappa shape index (κ3) is 10.3. The molecule has 3 aliphatic heterocycles. The molecular formula is C48H66N10O7. The van der Waals surface area contributed by atoms with Gasteiger partial charge in [-0.1, -0.05) is 46.9 Å². The molecule has 0 unspecified atom stereocenters. The molecule has 4 amide bonds. The average Bonchev–Trinajstić information content (AvgIpc) is 4.05. The van der Waals surface area contributed by atoms with Crippen LogP contribution in [0.1, 0.15) is 79.0 Å². The van der Waals surface area contributed by atoms with Gasteiger partial charge in [0.1, 0.15) is 24.5 Å². The number of aromatic nitrogens is 4. The molecule has 5 atom stereocenters. The maximum Gasteiger partial charge on any atom is 0.324 e. The van der Waals surface area contributed by atoms with Crippen LogP contribution in [0.25, 0.3) is 27.9 Å². The number of carbonyl (C=O) groups excluding carboxylic acids is 5. The van der Waals surface area contributed by atoms with Crippen molar-refractivity contribution >= 4 is 52.3 Å². The molecule has 3 aliphatic rings. The van der Waals surface area contributed by atoms with Crippen LogP contribution in [0.3, 0.4) is 0 Å². The summed E-state index contributed by atoms with van der Waals surface area (Å²) in [5.41, 5.74) is 7.76. The van der Waals surface area contributed by atoms with E-state index in [0.717, 1.165) is 39.0 Å². The van der Waals surface area contributed by atoms with Gasteiger partial charge in [0, 0.05) is 74.0 Å². The van der Waals surface area contributed by atoms with E-state index in [2.05, 4.69) is 55.3 Å². The maximum absolute atomic E-state index is 14.6. The molecule has 3 aromatic rings. The topological polar surface area (TPSA) is 186 Å². The number of hydrogen-bond donors (Lipinski definition) is 2. The molecule has 2 fully saturated rings. The molecule has 0 spiro atoms. The monoisotopic (exact) mass is 895 g/mol. The molecule has 0 saturated carbocycles. The minimum Gasteiger partial charge on any atom is -0.464 e. The zero-order chi connectivity index (χ0) is 47.3. The Morgan fingerprint density at radius 2 is 1.88 bits per heavy atom. The lowest BCUT2D eigenvalue weighted by atomic mass is 9.84. The van der Waals surface area contributed by atoms with E-state index in [9.17, 15) is 24.0 Å². The number of likely N-dealkylation sites (N-methyl/N-ethyl adjacent to an activating group) is 1. The molecule has 5 heterocycles. The van der Waals surface area contributed by atoms with E-state index >= 15 is 0 Å². The van der Waals surface area contributed by atoms with Gasteiger partial charge in [0.25, 0.3) is 5.91 Å². The summed E-state index contributed by atoms with van der Waals surface area (Å²) in [6.45, 7) is 23.1. The third-order valence-corrected chi connectivity index (χ3v) is 12.7. The van der Waals surface area contributed by atoms with Crippen LogP contribution in [0.4, 0.5) is 0 Å². The number of benzene rings is 1. The number of aliphatic imine (C=N–C) groups is 1. The van der Waals surface area contributed by atoms with Gasteiger partial charge >= 0.3 is 5.97 Å². The number of hydrogen-bond acceptors (Lipinski definition) is 11. The number of rotatable bonds is 12. The van der Waals surface area contributed by atoms with Gasteiger partial charge in [0.05, 0.1) is 36.6 Å². The zero-order valence-corrected chi connectivity index (χ0v) is 39.4. The van der Waals surface area contributed by atoms with Crippen LogP contribution < -0.4 is 10.7 Å². The first kappa shape index (κ1) is 48.5. The van der Waals surface area contributed by atoms with Crippen LogP contribution in [-0.2, 0) is 53.0 Å². The lowest BCUT2D eigenvalue weighted by Gasteiger charge is -2.37. The van der Waals surface area contributed by atoms with Gasteiger partial charge in [-0.05, 0) is 82.2 Å². The number of carbonyl (C=O) groups is 5. The van der Waals surface area contributed by atoms with Gasteiger partial charge in [0.15, 0.2) is 5.82 Å². The molecule has 350 valence electrons. The van der Waals surface area contributed by atoms with Crippen LogP contribution in [0, 0.1) is 17.3 Å². The minimum absolute atomic E-state index is 0.0917. The van der Waals surface area contributed by atoms with Gasteiger partial charge < -0.3 is 29.2 Å². The molecule has 65 heavy (non-hydrogen) atoms. The maximum atomic E-state index is 14.6. The largest absolute Gasteiger partial charge is 0.464 e. The Labute approximate surface area is 381 Å². The normalized spacial score (nSPS) is 21.7. The van der Waals surface area contributed by atoms with Crippen molar-refractivity contribution in [1.82, 2.24) is 44.9 Å². The second-order valence-electron chi connectivity index (χ2n) is 18.3. The number of likely N-dealkylation sites (tertiary alicyclic amines) is 1. The molecule has 1 aromatic carbocycles. The number of hydrazine groups is 1. The standard InChI is InChI=1S/C48H66N10O7/c1-12-33(40(49-14-3)30(7)64-11)42-35-24-48(8,9)27-65-47(63)36-17-16-21-58(52-36)46(62)37(26-56-28-50-43(53-56)31-18-19-38(34(35)23-31)57(42)15-4)51-44(60)41(29(5)6)54(10)45(61)32-20-22-55(25-32)39(59)13-2/h12-14,18-19,23,28-30,32,36-37,41,52H,1-2,15-17,20-22,24-27H2,3-11H3,(H,51,60)/b40-33+,49-14?/t30-,32-,36-,37-,41-/m0/s1. The van der Waals surface area contributed by atoms with Gasteiger partial charge in [-0.25, -0.2) is 15.1 Å². The summed E-state index contributed by atoms with van der Waals surface area (Å²) in [6, 6.07) is 3.14. The molecule has 0 radical (unpaired) electrons. The average molecular weight is 895 g/mol. The highest BCUT2D eigenvalue weighted by Gasteiger charge is 2.40. The predicted molar refractivity (Wildman–Crippen MR) is 249 cm³/mol. The number of cyclic esters (lactones) is 1. The van der Waals surface area contributed by atoms with Crippen molar-refractivity contribution in [2.24, 2.45) is 22.2 Å². The summed E-state index contributed by atoms with van der Waals surface area (Å²) >= 11 is 0. The second-order valence-corrected chi connectivity index (χ2v) is 18.3. The predicted octanol–water partition coefficient (Wildman–Crippen LogP) is 4.57. The first-order valence-electron chi connectivity index (χ1n) is 22.6. The number of esters is 1. The number of nitrogens with zero attached hydrogens (tertiary/aromatic N) is 8. The van der Waals surface area contributed by atoms with Crippen molar-refractivity contribution in [1.29, 1.82) is 0 Å².